The van der Waals surface area contributed by atoms with Crippen LogP contribution in [0.5, 0.6) is 0 Å². The minimum absolute atomic E-state index is 0.0510. The molecular formula is C25H28ClN5O7S2. The van der Waals surface area contributed by atoms with Crippen LogP contribution in [0.3, 0.4) is 0 Å². The average Bonchev–Trinajstić information content (AvgIpc) is 3.57. The molecule has 12 nitrogen and oxygen atoms in total. The molecule has 1 aromatic carbocycles. The minimum Gasteiger partial charge on any atom is -0.436 e. The molecule has 0 spiro atoms. The van der Waals surface area contributed by atoms with Crippen molar-refractivity contribution in [1.29, 1.82) is 0 Å². The molecule has 40 heavy (non-hydrogen) atoms. The van der Waals surface area contributed by atoms with Gasteiger partial charge in [-0.1, -0.05) is 17.7 Å². The topological polar surface area (TPSA) is 137 Å². The summed E-state index contributed by atoms with van der Waals surface area (Å²) in [7, 11) is -3.90. The number of amides is 2. The molecule has 1 N–H and O–H groups in total. The molecule has 15 heteroatoms. The molecule has 2 fully saturated rings. The normalized spacial score (nSPS) is 21.1. The predicted molar refractivity (Wildman–Crippen MR) is 145 cm³/mol. The lowest BCUT2D eigenvalue weighted by Crippen LogP contribution is -2.58. The van der Waals surface area contributed by atoms with Gasteiger partial charge in [-0.15, -0.1) is 11.3 Å². The quantitative estimate of drug-likeness (QED) is 0.461. The number of sulfonamides is 1. The monoisotopic (exact) mass is 609 g/mol. The highest BCUT2D eigenvalue weighted by Crippen LogP contribution is 2.34. The van der Waals surface area contributed by atoms with Crippen molar-refractivity contribution >= 4 is 54.9 Å². The average molecular weight is 610 g/mol. The second-order valence-corrected chi connectivity index (χ2v) is 13.7. The van der Waals surface area contributed by atoms with Gasteiger partial charge in [0.25, 0.3) is 15.9 Å². The third kappa shape index (κ3) is 5.36. The van der Waals surface area contributed by atoms with Crippen molar-refractivity contribution in [2.75, 3.05) is 52.5 Å². The van der Waals surface area contributed by atoms with Crippen molar-refractivity contribution in [3.05, 3.63) is 46.6 Å². The lowest BCUT2D eigenvalue weighted by molar-refractivity contribution is -0.136. The zero-order valence-electron chi connectivity index (χ0n) is 21.5. The van der Waals surface area contributed by atoms with Crippen LogP contribution in [0.2, 0.25) is 5.02 Å². The fraction of sp³-hybridized carbons (Fsp3) is 0.480. The molecule has 0 bridgehead atoms. The van der Waals surface area contributed by atoms with E-state index < -0.39 is 22.0 Å². The van der Waals surface area contributed by atoms with Gasteiger partial charge in [-0.25, -0.2) is 13.4 Å². The summed E-state index contributed by atoms with van der Waals surface area (Å²) in [6.45, 7) is 2.31. The Morgan fingerprint density at radius 2 is 1.93 bits per heavy atom. The highest BCUT2D eigenvalue weighted by atomic mass is 35.5. The number of halogens is 1. The van der Waals surface area contributed by atoms with Crippen molar-refractivity contribution in [3.63, 3.8) is 0 Å². The van der Waals surface area contributed by atoms with E-state index in [0.717, 1.165) is 26.5 Å². The largest absolute Gasteiger partial charge is 0.436 e. The molecule has 3 aliphatic heterocycles. The summed E-state index contributed by atoms with van der Waals surface area (Å²) in [5.74, 6) is -0.386. The number of benzene rings is 1. The fourth-order valence-corrected chi connectivity index (χ4v) is 8.56. The summed E-state index contributed by atoms with van der Waals surface area (Å²) < 4.78 is 40.8. The molecule has 0 saturated carbocycles. The van der Waals surface area contributed by atoms with Crippen LogP contribution in [0.4, 0.5) is 0 Å². The Morgan fingerprint density at radius 3 is 2.73 bits per heavy atom. The van der Waals surface area contributed by atoms with Gasteiger partial charge in [0.05, 0.1) is 31.5 Å². The van der Waals surface area contributed by atoms with Gasteiger partial charge in [0.1, 0.15) is 9.97 Å². The zero-order valence-corrected chi connectivity index (χ0v) is 23.9. The smallest absolute Gasteiger partial charge is 0.310 e. The Hall–Kier alpha value is -2.59. The van der Waals surface area contributed by atoms with E-state index in [2.05, 4.69) is 4.98 Å². The van der Waals surface area contributed by atoms with Crippen LogP contribution in [0.1, 0.15) is 28.6 Å². The van der Waals surface area contributed by atoms with Gasteiger partial charge in [-0.2, -0.15) is 9.37 Å². The third-order valence-corrected chi connectivity index (χ3v) is 11.1. The zero-order chi connectivity index (χ0) is 28.0. The number of thiophene rings is 1. The van der Waals surface area contributed by atoms with E-state index in [1.807, 2.05) is 0 Å². The van der Waals surface area contributed by atoms with Crippen LogP contribution in [0.25, 0.3) is 10.1 Å². The van der Waals surface area contributed by atoms with Gasteiger partial charge >= 0.3 is 5.91 Å². The maximum absolute atomic E-state index is 13.7. The van der Waals surface area contributed by atoms with Crippen LogP contribution >= 0.6 is 22.9 Å². The van der Waals surface area contributed by atoms with Gasteiger partial charge in [-0.3, -0.25) is 9.59 Å². The van der Waals surface area contributed by atoms with E-state index in [4.69, 9.17) is 20.8 Å². The molecule has 2 saturated heterocycles. The number of piperazine rings is 1. The van der Waals surface area contributed by atoms with Crippen molar-refractivity contribution in [1.82, 2.24) is 24.2 Å². The van der Waals surface area contributed by atoms with Gasteiger partial charge < -0.3 is 24.2 Å². The van der Waals surface area contributed by atoms with Crippen molar-refractivity contribution < 1.29 is 32.4 Å². The van der Waals surface area contributed by atoms with Gasteiger partial charge in [0.15, 0.2) is 0 Å². The van der Waals surface area contributed by atoms with Crippen LogP contribution in [-0.4, -0.2) is 108 Å². The molecule has 1 atom stereocenters. The molecule has 0 aliphatic carbocycles. The molecule has 3 aromatic rings. The van der Waals surface area contributed by atoms with Gasteiger partial charge in [0, 0.05) is 61.8 Å². The van der Waals surface area contributed by atoms with E-state index in [1.54, 1.807) is 29.2 Å². The number of oxazole rings is 1. The molecule has 6 rings (SSSR count). The highest BCUT2D eigenvalue weighted by Gasteiger charge is 2.40. The van der Waals surface area contributed by atoms with E-state index in [-0.39, 0.29) is 48.6 Å². The number of morpholine rings is 1. The second-order valence-electron chi connectivity index (χ2n) is 9.99. The summed E-state index contributed by atoms with van der Waals surface area (Å²) >= 11 is 7.23. The lowest BCUT2D eigenvalue weighted by atomic mass is 10.1. The maximum atomic E-state index is 13.7. The number of carbonyl (C=O) groups excluding carboxylic acids is 2. The Balaban J connectivity index is 1.27. The standard InChI is InChI=1S/C25H28ClN5O7S2/c26-17-2-1-16-11-23(39-21(16)12-17)40(35,36)30-5-6-31(18(14-30)13-22(32)28-7-9-37-10-8-28)25(33)24-27-19-3-4-29(34)15-20(19)38-24/h1-2,11-12,18,34H,3-10,13-15H2. The van der Waals surface area contributed by atoms with Gasteiger partial charge in [-0.05, 0) is 23.6 Å². The molecule has 5 heterocycles. The Morgan fingerprint density at radius 1 is 1.12 bits per heavy atom. The number of ether oxygens (including phenoxy) is 1. The second kappa shape index (κ2) is 11.0. The molecule has 2 aromatic heterocycles. The van der Waals surface area contributed by atoms with Crippen LogP contribution in [0.15, 0.2) is 32.9 Å². The summed E-state index contributed by atoms with van der Waals surface area (Å²) in [5, 5.41) is 12.2. The maximum Gasteiger partial charge on any atom is 0.310 e. The Kier molecular flexibility index (Phi) is 7.59. The predicted octanol–water partition coefficient (Wildman–Crippen LogP) is 2.05. The summed E-state index contributed by atoms with van der Waals surface area (Å²) in [5.41, 5.74) is 0.612. The third-order valence-electron chi connectivity index (χ3n) is 7.43. The van der Waals surface area contributed by atoms with Crippen LogP contribution in [-0.2, 0) is 32.5 Å². The number of hydrogen-bond acceptors (Lipinski definition) is 10. The van der Waals surface area contributed by atoms with Crippen molar-refractivity contribution in [3.8, 4) is 0 Å². The first-order valence-electron chi connectivity index (χ1n) is 13.0. The number of carbonyl (C=O) groups is 2. The summed E-state index contributed by atoms with van der Waals surface area (Å²) in [6, 6.07) is 6.11. The first-order chi connectivity index (χ1) is 19.2. The minimum atomic E-state index is -3.90. The fourth-order valence-electron chi connectivity index (χ4n) is 5.26. The number of hydrogen-bond donors (Lipinski definition) is 1. The summed E-state index contributed by atoms with van der Waals surface area (Å²) in [4.78, 5) is 34.4. The van der Waals surface area contributed by atoms with Crippen molar-refractivity contribution in [2.24, 2.45) is 0 Å². The molecule has 0 radical (unpaired) electrons. The number of nitrogens with zero attached hydrogens (tertiary/aromatic N) is 5. The molecule has 1 unspecified atom stereocenters. The first-order valence-corrected chi connectivity index (χ1v) is 15.6. The van der Waals surface area contributed by atoms with Crippen LogP contribution < -0.4 is 0 Å². The molecular weight excluding hydrogens is 582 g/mol. The van der Waals surface area contributed by atoms with E-state index in [1.165, 1.54) is 9.21 Å². The highest BCUT2D eigenvalue weighted by molar-refractivity contribution is 7.91. The van der Waals surface area contributed by atoms with Crippen molar-refractivity contribution in [2.45, 2.75) is 29.6 Å². The SMILES string of the molecule is O=C(CC1CN(S(=O)(=O)c2cc3ccc(Cl)cc3s2)CCN1C(=O)c1nc2c(o1)CN(O)CC2)N1CCOCC1. The number of fused-ring (bicyclic) bond motifs is 2. The first kappa shape index (κ1) is 27.6. The number of hydroxylamine groups is 2. The molecule has 2 amide bonds. The van der Waals surface area contributed by atoms with Crippen LogP contribution in [0, 0.1) is 0 Å². The van der Waals surface area contributed by atoms with E-state index in [0.29, 0.717) is 55.7 Å². The Labute approximate surface area is 239 Å². The van der Waals surface area contributed by atoms with E-state index >= 15 is 0 Å². The lowest BCUT2D eigenvalue weighted by Gasteiger charge is -2.40. The van der Waals surface area contributed by atoms with E-state index in [9.17, 15) is 23.2 Å². The number of aromatic nitrogens is 1. The molecule has 214 valence electrons. The Bertz CT molecular complexity index is 1550. The summed E-state index contributed by atoms with van der Waals surface area (Å²) in [6.07, 6.45) is 0.387. The number of rotatable bonds is 5. The molecule has 3 aliphatic rings. The van der Waals surface area contributed by atoms with Gasteiger partial charge in [0.2, 0.25) is 5.91 Å².